The monoisotopic (exact) mass is 229 g/mol. The molecule has 1 aliphatic rings. The van der Waals surface area contributed by atoms with Crippen LogP contribution in [0.15, 0.2) is 0 Å². The highest BCUT2D eigenvalue weighted by molar-refractivity contribution is 5.73. The lowest BCUT2D eigenvalue weighted by Crippen LogP contribution is -2.38. The summed E-state index contributed by atoms with van der Waals surface area (Å²) >= 11 is 0. The first-order valence-electron chi connectivity index (χ1n) is 5.94. The van der Waals surface area contributed by atoms with Crippen LogP contribution < -0.4 is 5.73 Å². The summed E-state index contributed by atoms with van der Waals surface area (Å²) in [7, 11) is 0. The molecule has 1 fully saturated rings. The summed E-state index contributed by atoms with van der Waals surface area (Å²) in [6, 6.07) is 0. The summed E-state index contributed by atoms with van der Waals surface area (Å²) in [6.07, 6.45) is 1.60. The zero-order valence-corrected chi connectivity index (χ0v) is 10.4. The summed E-state index contributed by atoms with van der Waals surface area (Å²) in [5, 5.41) is 9.80. The quantitative estimate of drug-likeness (QED) is 0.695. The maximum Gasteiger partial charge on any atom is 0.309 e. The van der Waals surface area contributed by atoms with Crippen LogP contribution in [0.3, 0.4) is 0 Å². The molecule has 1 saturated carbocycles. The van der Waals surface area contributed by atoms with Gasteiger partial charge in [-0.3, -0.25) is 4.79 Å². The fourth-order valence-electron chi connectivity index (χ4n) is 2.08. The average molecular weight is 229 g/mol. The van der Waals surface area contributed by atoms with Crippen LogP contribution in [0.1, 0.15) is 40.0 Å². The number of carbonyl (C=O) groups is 1. The van der Waals surface area contributed by atoms with Crippen molar-refractivity contribution >= 4 is 5.97 Å². The predicted molar refractivity (Wildman–Crippen MR) is 61.7 cm³/mol. The highest BCUT2D eigenvalue weighted by atomic mass is 16.6. The first-order chi connectivity index (χ1) is 7.33. The lowest BCUT2D eigenvalue weighted by atomic mass is 9.80. The summed E-state index contributed by atoms with van der Waals surface area (Å²) in [5.74, 6) is -0.224. The molecule has 3 N–H and O–H groups in total. The summed E-state index contributed by atoms with van der Waals surface area (Å²) in [5.41, 5.74) is 5.09. The number of nitrogens with two attached hydrogens (primary N) is 1. The standard InChI is InChI=1S/C12H23NO3/c1-12(2,3)16-11(15)8-4-5-9(7-13)10(14)6-8/h8-10,14H,4-7,13H2,1-3H3/t8?,9-,10+/m1/s1. The van der Waals surface area contributed by atoms with E-state index in [9.17, 15) is 9.90 Å². The number of aliphatic hydroxyl groups is 1. The number of hydrogen-bond donors (Lipinski definition) is 2. The fraction of sp³-hybridized carbons (Fsp3) is 0.917. The van der Waals surface area contributed by atoms with Gasteiger partial charge in [-0.25, -0.2) is 0 Å². The number of rotatable bonds is 2. The maximum absolute atomic E-state index is 11.8. The second kappa shape index (κ2) is 5.15. The summed E-state index contributed by atoms with van der Waals surface area (Å²) in [4.78, 5) is 11.8. The van der Waals surface area contributed by atoms with Crippen molar-refractivity contribution in [3.8, 4) is 0 Å². The minimum absolute atomic E-state index is 0.138. The molecule has 4 heteroatoms. The van der Waals surface area contributed by atoms with Crippen molar-refractivity contribution in [1.82, 2.24) is 0 Å². The van der Waals surface area contributed by atoms with Crippen LogP contribution in [0.25, 0.3) is 0 Å². The Morgan fingerprint density at radius 3 is 2.50 bits per heavy atom. The third kappa shape index (κ3) is 3.76. The molecule has 3 atom stereocenters. The number of ether oxygens (including phenoxy) is 1. The van der Waals surface area contributed by atoms with Gasteiger partial charge in [0.15, 0.2) is 0 Å². The Morgan fingerprint density at radius 1 is 1.44 bits per heavy atom. The first-order valence-corrected chi connectivity index (χ1v) is 5.94. The van der Waals surface area contributed by atoms with Crippen LogP contribution in [-0.4, -0.2) is 29.3 Å². The van der Waals surface area contributed by atoms with Gasteiger partial charge in [-0.05, 0) is 52.5 Å². The highest BCUT2D eigenvalue weighted by Gasteiger charge is 2.34. The third-order valence-electron chi connectivity index (χ3n) is 3.00. The van der Waals surface area contributed by atoms with Gasteiger partial charge in [0.2, 0.25) is 0 Å². The fourth-order valence-corrected chi connectivity index (χ4v) is 2.08. The zero-order chi connectivity index (χ0) is 12.3. The topological polar surface area (TPSA) is 72.5 Å². The molecule has 0 aromatic rings. The van der Waals surface area contributed by atoms with Gasteiger partial charge in [-0.1, -0.05) is 0 Å². The average Bonchev–Trinajstić information content (AvgIpc) is 2.15. The molecule has 1 rings (SSSR count). The Hall–Kier alpha value is -0.610. The van der Waals surface area contributed by atoms with E-state index >= 15 is 0 Å². The minimum atomic E-state index is -0.462. The van der Waals surface area contributed by atoms with Gasteiger partial charge >= 0.3 is 5.97 Å². The van der Waals surface area contributed by atoms with Crippen molar-refractivity contribution in [2.75, 3.05) is 6.54 Å². The van der Waals surface area contributed by atoms with Crippen LogP contribution in [0.5, 0.6) is 0 Å². The van der Waals surface area contributed by atoms with E-state index < -0.39 is 11.7 Å². The van der Waals surface area contributed by atoms with Crippen molar-refractivity contribution in [2.24, 2.45) is 17.6 Å². The molecule has 16 heavy (non-hydrogen) atoms. The molecule has 0 aromatic carbocycles. The van der Waals surface area contributed by atoms with Gasteiger partial charge < -0.3 is 15.6 Å². The molecule has 0 radical (unpaired) electrons. The van der Waals surface area contributed by atoms with E-state index in [0.717, 1.165) is 12.8 Å². The zero-order valence-electron chi connectivity index (χ0n) is 10.4. The number of hydrogen-bond acceptors (Lipinski definition) is 4. The Balaban J connectivity index is 2.48. The largest absolute Gasteiger partial charge is 0.460 e. The van der Waals surface area contributed by atoms with Crippen molar-refractivity contribution in [3.05, 3.63) is 0 Å². The van der Waals surface area contributed by atoms with Gasteiger partial charge in [0, 0.05) is 0 Å². The first kappa shape index (κ1) is 13.5. The molecule has 0 aromatic heterocycles. The second-order valence-electron chi connectivity index (χ2n) is 5.61. The van der Waals surface area contributed by atoms with Gasteiger partial charge in [0.1, 0.15) is 5.60 Å². The lowest BCUT2D eigenvalue weighted by molar-refractivity contribution is -0.163. The summed E-state index contributed by atoms with van der Waals surface area (Å²) < 4.78 is 5.31. The molecular formula is C12H23NO3. The third-order valence-corrected chi connectivity index (χ3v) is 3.00. The molecule has 0 saturated heterocycles. The lowest BCUT2D eigenvalue weighted by Gasteiger charge is -2.32. The number of aliphatic hydroxyl groups excluding tert-OH is 1. The molecule has 1 unspecified atom stereocenters. The van der Waals surface area contributed by atoms with Crippen LogP contribution in [0.4, 0.5) is 0 Å². The maximum atomic E-state index is 11.8. The SMILES string of the molecule is CC(C)(C)OC(=O)C1CC[C@H](CN)[C@@H](O)C1. The van der Waals surface area contributed by atoms with Gasteiger partial charge in [-0.15, -0.1) is 0 Å². The second-order valence-corrected chi connectivity index (χ2v) is 5.61. The van der Waals surface area contributed by atoms with Crippen molar-refractivity contribution < 1.29 is 14.6 Å². The normalized spacial score (nSPS) is 31.2. The molecule has 0 amide bonds. The van der Waals surface area contributed by atoms with Crippen LogP contribution in [0, 0.1) is 11.8 Å². The Kier molecular flexibility index (Phi) is 4.33. The van der Waals surface area contributed by atoms with E-state index in [1.807, 2.05) is 20.8 Å². The van der Waals surface area contributed by atoms with Gasteiger partial charge in [-0.2, -0.15) is 0 Å². The smallest absolute Gasteiger partial charge is 0.309 e. The van der Waals surface area contributed by atoms with E-state index in [1.54, 1.807) is 0 Å². The van der Waals surface area contributed by atoms with Crippen LogP contribution in [-0.2, 0) is 9.53 Å². The van der Waals surface area contributed by atoms with E-state index in [0.29, 0.717) is 13.0 Å². The molecule has 1 aliphatic carbocycles. The van der Waals surface area contributed by atoms with E-state index in [2.05, 4.69) is 0 Å². The Bertz CT molecular complexity index is 247. The molecule has 94 valence electrons. The van der Waals surface area contributed by atoms with E-state index in [1.165, 1.54) is 0 Å². The van der Waals surface area contributed by atoms with E-state index in [-0.39, 0.29) is 17.8 Å². The van der Waals surface area contributed by atoms with Crippen molar-refractivity contribution in [2.45, 2.75) is 51.7 Å². The number of esters is 1. The van der Waals surface area contributed by atoms with Gasteiger partial charge in [0.25, 0.3) is 0 Å². The molecule has 0 bridgehead atoms. The molecule has 4 nitrogen and oxygen atoms in total. The Labute approximate surface area is 97.2 Å². The molecular weight excluding hydrogens is 206 g/mol. The predicted octanol–water partition coefficient (Wildman–Crippen LogP) is 1.06. The molecule has 0 aliphatic heterocycles. The highest BCUT2D eigenvalue weighted by Crippen LogP contribution is 2.30. The molecule has 0 heterocycles. The van der Waals surface area contributed by atoms with Gasteiger partial charge in [0.05, 0.1) is 12.0 Å². The van der Waals surface area contributed by atoms with Crippen LogP contribution in [0.2, 0.25) is 0 Å². The van der Waals surface area contributed by atoms with Crippen molar-refractivity contribution in [3.63, 3.8) is 0 Å². The Morgan fingerprint density at radius 2 is 2.06 bits per heavy atom. The van der Waals surface area contributed by atoms with Crippen molar-refractivity contribution in [1.29, 1.82) is 0 Å². The molecule has 0 spiro atoms. The number of carbonyl (C=O) groups excluding carboxylic acids is 1. The van der Waals surface area contributed by atoms with Crippen LogP contribution >= 0.6 is 0 Å². The minimum Gasteiger partial charge on any atom is -0.460 e. The van der Waals surface area contributed by atoms with E-state index in [4.69, 9.17) is 10.5 Å². The summed E-state index contributed by atoms with van der Waals surface area (Å²) in [6.45, 7) is 6.05.